The zero-order valence-corrected chi connectivity index (χ0v) is 12.5. The number of nitrogens with zero attached hydrogens (tertiary/aromatic N) is 2. The van der Waals surface area contributed by atoms with E-state index in [1.807, 2.05) is 0 Å². The van der Waals surface area contributed by atoms with Gasteiger partial charge in [-0.25, -0.2) is 0 Å². The third-order valence-corrected chi connectivity index (χ3v) is 4.96. The Kier molecular flexibility index (Phi) is 3.58. The van der Waals surface area contributed by atoms with E-state index in [1.165, 1.54) is 12.8 Å². The van der Waals surface area contributed by atoms with Crippen LogP contribution in [0, 0.1) is 5.41 Å². The summed E-state index contributed by atoms with van der Waals surface area (Å²) >= 11 is 0. The Morgan fingerprint density at radius 1 is 1.10 bits per heavy atom. The van der Waals surface area contributed by atoms with Gasteiger partial charge in [0.05, 0.1) is 0 Å². The molecule has 5 heteroatoms. The Bertz CT molecular complexity index is 453. The molecule has 0 atom stereocenters. The summed E-state index contributed by atoms with van der Waals surface area (Å²) in [5.41, 5.74) is 6.36. The molecule has 2 aliphatic rings. The highest BCUT2D eigenvalue weighted by atomic mass is 16.5. The van der Waals surface area contributed by atoms with Crippen LogP contribution in [0.2, 0.25) is 0 Å². The number of hydrogen-bond acceptors (Lipinski definition) is 5. The molecule has 1 saturated heterocycles. The van der Waals surface area contributed by atoms with Gasteiger partial charge in [0.15, 0.2) is 5.82 Å². The normalized spacial score (nSPS) is 26.6. The van der Waals surface area contributed by atoms with Crippen molar-refractivity contribution >= 4 is 0 Å². The maximum Gasteiger partial charge on any atom is 0.246 e. The molecule has 0 bridgehead atoms. The van der Waals surface area contributed by atoms with E-state index in [9.17, 15) is 0 Å². The molecule has 20 heavy (non-hydrogen) atoms. The van der Waals surface area contributed by atoms with E-state index in [4.69, 9.17) is 15.0 Å². The van der Waals surface area contributed by atoms with Crippen molar-refractivity contribution in [2.45, 2.75) is 63.8 Å². The molecule has 2 fully saturated rings. The molecule has 1 aliphatic carbocycles. The third-order valence-electron chi connectivity index (χ3n) is 4.96. The quantitative estimate of drug-likeness (QED) is 0.901. The number of nitrogens with two attached hydrogens (primary N) is 1. The highest BCUT2D eigenvalue weighted by molar-refractivity contribution is 5.06. The predicted octanol–water partition coefficient (Wildman–Crippen LogP) is 2.72. The topological polar surface area (TPSA) is 74.2 Å². The minimum absolute atomic E-state index is 0.434. The van der Waals surface area contributed by atoms with Crippen LogP contribution >= 0.6 is 0 Å². The van der Waals surface area contributed by atoms with Crippen molar-refractivity contribution in [2.24, 2.45) is 11.1 Å². The maximum absolute atomic E-state index is 6.39. The lowest BCUT2D eigenvalue weighted by molar-refractivity contribution is 0.0400. The fourth-order valence-corrected chi connectivity index (χ4v) is 3.21. The van der Waals surface area contributed by atoms with Crippen molar-refractivity contribution in [3.8, 4) is 0 Å². The molecule has 0 amide bonds. The lowest BCUT2D eigenvalue weighted by atomic mass is 9.73. The van der Waals surface area contributed by atoms with E-state index < -0.39 is 5.54 Å². The maximum atomic E-state index is 6.39. The summed E-state index contributed by atoms with van der Waals surface area (Å²) in [5, 5.41) is 4.20. The van der Waals surface area contributed by atoms with Gasteiger partial charge in [0.1, 0.15) is 5.54 Å². The Morgan fingerprint density at radius 2 is 1.75 bits per heavy atom. The first kappa shape index (κ1) is 14.0. The SMILES string of the molecule is CC1(C)CCC(c2noc(C3(N)CCOCC3)n2)CC1. The molecule has 0 spiro atoms. The van der Waals surface area contributed by atoms with E-state index in [-0.39, 0.29) is 0 Å². The summed E-state index contributed by atoms with van der Waals surface area (Å²) in [5.74, 6) is 1.89. The van der Waals surface area contributed by atoms with E-state index in [0.717, 1.165) is 31.5 Å². The first-order chi connectivity index (χ1) is 9.49. The molecule has 1 aromatic heterocycles. The van der Waals surface area contributed by atoms with Crippen LogP contribution < -0.4 is 5.73 Å². The largest absolute Gasteiger partial charge is 0.381 e. The number of aromatic nitrogens is 2. The van der Waals surface area contributed by atoms with E-state index >= 15 is 0 Å². The zero-order chi connectivity index (χ0) is 14.2. The second kappa shape index (κ2) is 5.11. The second-order valence-electron chi connectivity index (χ2n) is 7.16. The first-order valence-corrected chi connectivity index (χ1v) is 7.69. The van der Waals surface area contributed by atoms with Gasteiger partial charge < -0.3 is 15.0 Å². The molecule has 2 heterocycles. The average molecular weight is 279 g/mol. The lowest BCUT2D eigenvalue weighted by Crippen LogP contribution is -2.42. The predicted molar refractivity (Wildman–Crippen MR) is 75.2 cm³/mol. The van der Waals surface area contributed by atoms with Crippen LogP contribution in [0.15, 0.2) is 4.52 Å². The summed E-state index contributed by atoms with van der Waals surface area (Å²) in [6, 6.07) is 0. The minimum atomic E-state index is -0.489. The van der Waals surface area contributed by atoms with Gasteiger partial charge >= 0.3 is 0 Å². The molecular weight excluding hydrogens is 254 g/mol. The van der Waals surface area contributed by atoms with Crippen molar-refractivity contribution in [1.29, 1.82) is 0 Å². The van der Waals surface area contributed by atoms with Crippen molar-refractivity contribution in [3.05, 3.63) is 11.7 Å². The third kappa shape index (κ3) is 2.74. The molecule has 1 aromatic rings. The number of rotatable bonds is 2. The van der Waals surface area contributed by atoms with Gasteiger partial charge in [-0.1, -0.05) is 19.0 Å². The lowest BCUT2D eigenvalue weighted by Gasteiger charge is -2.33. The number of hydrogen-bond donors (Lipinski definition) is 1. The molecular formula is C15H25N3O2. The molecule has 0 aromatic carbocycles. The van der Waals surface area contributed by atoms with Gasteiger partial charge in [-0.2, -0.15) is 4.98 Å². The van der Waals surface area contributed by atoms with Gasteiger partial charge in [0.25, 0.3) is 0 Å². The Hall–Kier alpha value is -0.940. The monoisotopic (exact) mass is 279 g/mol. The number of ether oxygens (including phenoxy) is 1. The van der Waals surface area contributed by atoms with Crippen LogP contribution in [0.4, 0.5) is 0 Å². The molecule has 1 saturated carbocycles. The molecule has 5 nitrogen and oxygen atoms in total. The molecule has 3 rings (SSSR count). The van der Waals surface area contributed by atoms with E-state index in [1.54, 1.807) is 0 Å². The molecule has 0 radical (unpaired) electrons. The van der Waals surface area contributed by atoms with Gasteiger partial charge in [-0.3, -0.25) is 0 Å². The van der Waals surface area contributed by atoms with E-state index in [0.29, 0.717) is 30.4 Å². The van der Waals surface area contributed by atoms with Gasteiger partial charge in [-0.15, -0.1) is 0 Å². The van der Waals surface area contributed by atoms with Crippen molar-refractivity contribution in [2.75, 3.05) is 13.2 Å². The summed E-state index contributed by atoms with van der Waals surface area (Å²) in [4.78, 5) is 4.62. The van der Waals surface area contributed by atoms with Crippen molar-refractivity contribution < 1.29 is 9.26 Å². The highest BCUT2D eigenvalue weighted by Gasteiger charge is 2.37. The van der Waals surface area contributed by atoms with Crippen LogP contribution in [0.1, 0.15) is 70.0 Å². The Balaban J connectivity index is 1.71. The van der Waals surface area contributed by atoms with E-state index in [2.05, 4.69) is 24.0 Å². The fraction of sp³-hybridized carbons (Fsp3) is 0.867. The fourth-order valence-electron chi connectivity index (χ4n) is 3.21. The smallest absolute Gasteiger partial charge is 0.246 e. The Morgan fingerprint density at radius 3 is 2.40 bits per heavy atom. The van der Waals surface area contributed by atoms with Crippen molar-refractivity contribution in [1.82, 2.24) is 10.1 Å². The second-order valence-corrected chi connectivity index (χ2v) is 7.16. The van der Waals surface area contributed by atoms with Crippen LogP contribution in [-0.4, -0.2) is 23.4 Å². The summed E-state index contributed by atoms with van der Waals surface area (Å²) in [6.07, 6.45) is 6.25. The van der Waals surface area contributed by atoms with Crippen LogP contribution in [0.25, 0.3) is 0 Å². The van der Waals surface area contributed by atoms with Gasteiger partial charge in [-0.05, 0) is 43.9 Å². The molecule has 112 valence electrons. The summed E-state index contributed by atoms with van der Waals surface area (Å²) < 4.78 is 10.8. The summed E-state index contributed by atoms with van der Waals surface area (Å²) in [7, 11) is 0. The minimum Gasteiger partial charge on any atom is -0.381 e. The van der Waals surface area contributed by atoms with Gasteiger partial charge in [0.2, 0.25) is 5.89 Å². The zero-order valence-electron chi connectivity index (χ0n) is 12.5. The van der Waals surface area contributed by atoms with Crippen molar-refractivity contribution in [3.63, 3.8) is 0 Å². The Labute approximate surface area is 120 Å². The highest BCUT2D eigenvalue weighted by Crippen LogP contribution is 2.42. The van der Waals surface area contributed by atoms with Crippen LogP contribution in [0.5, 0.6) is 0 Å². The standard InChI is InChI=1S/C15H25N3O2/c1-14(2)5-3-11(4-6-14)12-17-13(20-18-12)15(16)7-9-19-10-8-15/h11H,3-10,16H2,1-2H3. The van der Waals surface area contributed by atoms with Crippen LogP contribution in [0.3, 0.4) is 0 Å². The van der Waals surface area contributed by atoms with Crippen LogP contribution in [-0.2, 0) is 10.3 Å². The first-order valence-electron chi connectivity index (χ1n) is 7.69. The molecule has 2 N–H and O–H groups in total. The average Bonchev–Trinajstić information content (AvgIpc) is 2.90. The molecule has 0 unspecified atom stereocenters. The van der Waals surface area contributed by atoms with Gasteiger partial charge in [0, 0.05) is 19.1 Å². The summed E-state index contributed by atoms with van der Waals surface area (Å²) in [6.45, 7) is 6.02. The molecule has 1 aliphatic heterocycles.